The van der Waals surface area contributed by atoms with Crippen LogP contribution < -0.4 is 19.3 Å². The third-order valence-electron chi connectivity index (χ3n) is 12.1. The first-order valence-corrected chi connectivity index (χ1v) is 22.4. The predicted molar refractivity (Wildman–Crippen MR) is 279 cm³/mol. The maximum Gasteiger partial charge on any atom is 0.143 e. The second kappa shape index (κ2) is 18.3. The number of anilines is 4. The molecule has 0 atom stereocenters. The molecule has 10 aromatic rings. The van der Waals surface area contributed by atoms with E-state index in [9.17, 15) is 0 Å². The van der Waals surface area contributed by atoms with Crippen LogP contribution in [0.3, 0.4) is 0 Å². The van der Waals surface area contributed by atoms with Crippen LogP contribution in [0.1, 0.15) is 66.4 Å². The first-order chi connectivity index (χ1) is 37.1. The van der Waals surface area contributed by atoms with E-state index in [0.717, 1.165) is 39.0 Å². The molecule has 0 amide bonds. The molecular formula is C62H51N4O2Pt-3. The fourth-order valence-electron chi connectivity index (χ4n) is 8.57. The van der Waals surface area contributed by atoms with E-state index in [4.69, 9.17) is 28.2 Å². The summed E-state index contributed by atoms with van der Waals surface area (Å²) < 4.78 is 101. The Kier molecular flexibility index (Phi) is 9.21. The molecule has 11 rings (SSSR count). The van der Waals surface area contributed by atoms with E-state index in [2.05, 4.69) is 100 Å². The number of ether oxygens (including phenoxy) is 2. The molecule has 0 bridgehead atoms. The van der Waals surface area contributed by atoms with Crippen LogP contribution in [0.5, 0.6) is 23.0 Å². The van der Waals surface area contributed by atoms with Gasteiger partial charge in [0.05, 0.1) is 13.7 Å². The Morgan fingerprint density at radius 1 is 0.565 bits per heavy atom. The van der Waals surface area contributed by atoms with Gasteiger partial charge in [0.15, 0.2) is 0 Å². The molecular weight excluding hydrogens is 1030 g/mol. The molecule has 1 aliphatic rings. The van der Waals surface area contributed by atoms with Crippen LogP contribution in [0.2, 0.25) is 0 Å². The van der Waals surface area contributed by atoms with Crippen molar-refractivity contribution in [1.82, 2.24) is 9.55 Å². The Labute approximate surface area is 433 Å². The van der Waals surface area contributed by atoms with Gasteiger partial charge in [0, 0.05) is 78.5 Å². The minimum absolute atomic E-state index is 0. The van der Waals surface area contributed by atoms with E-state index in [1.807, 2.05) is 71.3 Å². The van der Waals surface area contributed by atoms with Gasteiger partial charge in [0.1, 0.15) is 17.3 Å². The number of rotatable bonds is 9. The molecule has 344 valence electrons. The molecule has 0 saturated heterocycles. The number of fused-ring (bicyclic) bond motifs is 4. The number of hydrogen-bond donors (Lipinski definition) is 0. The van der Waals surface area contributed by atoms with Gasteiger partial charge < -0.3 is 23.8 Å². The molecule has 69 heavy (non-hydrogen) atoms. The summed E-state index contributed by atoms with van der Waals surface area (Å²) in [6, 6.07) is 41.8. The number of para-hydroxylation sites is 4. The minimum atomic E-state index is -0.591. The summed E-state index contributed by atoms with van der Waals surface area (Å²) in [5.41, 5.74) is 7.30. The molecule has 8 aromatic carbocycles. The summed E-state index contributed by atoms with van der Waals surface area (Å²) in [4.78, 5) is 9.14. The maximum atomic E-state index is 8.91. The maximum absolute atomic E-state index is 8.91. The van der Waals surface area contributed by atoms with Gasteiger partial charge in [-0.15, -0.1) is 48.1 Å². The van der Waals surface area contributed by atoms with E-state index < -0.39 is 60.4 Å². The molecule has 6 nitrogen and oxygen atoms in total. The van der Waals surface area contributed by atoms with Crippen LogP contribution in [0.4, 0.5) is 22.7 Å². The van der Waals surface area contributed by atoms with Crippen molar-refractivity contribution in [3.8, 4) is 51.1 Å². The molecule has 3 heterocycles. The molecule has 0 spiro atoms. The van der Waals surface area contributed by atoms with Crippen LogP contribution >= 0.6 is 0 Å². The first kappa shape index (κ1) is 34.8. The first-order valence-electron chi connectivity index (χ1n) is 27.4. The van der Waals surface area contributed by atoms with Crippen LogP contribution in [0.15, 0.2) is 194 Å². The standard InChI is InChI=1S/C62H51N4O2.Pt/c1-61(2,3)44-35-45(62(4,5)6)37-47(36-44)65-41-64(56-29-15-16-30-57(56)65)46-23-17-24-48(38-46)67-49-31-32-54-53-25-13-14-28-55(53)66(58(54)39-49)59-40-50(33-34-63-59)68-60-51(42-19-9-7-10-20-42)26-18-27-52(60)43-21-11-8-12-22-43;/h7-37,40-41H,1-6H3;/q-3;/i7D,8D,9D,10D,11D,12D,19D,20D,21D,22D;. The summed E-state index contributed by atoms with van der Waals surface area (Å²) in [5, 5.41) is 1.76. The van der Waals surface area contributed by atoms with Crippen molar-refractivity contribution in [2.45, 2.75) is 52.4 Å². The summed E-state index contributed by atoms with van der Waals surface area (Å²) in [6.07, 6.45) is 1.53. The van der Waals surface area contributed by atoms with Gasteiger partial charge in [-0.2, -0.15) is 12.1 Å². The average Bonchev–Trinajstić information content (AvgIpc) is 4.24. The molecule has 1 aliphatic heterocycles. The molecule has 0 N–H and O–H groups in total. The van der Waals surface area contributed by atoms with Crippen LogP contribution in [0.25, 0.3) is 49.9 Å². The Hall–Kier alpha value is -7.40. The zero-order valence-corrected chi connectivity index (χ0v) is 41.0. The van der Waals surface area contributed by atoms with Gasteiger partial charge in [0.25, 0.3) is 0 Å². The largest absolute Gasteiger partial charge is 0.509 e. The molecule has 0 saturated carbocycles. The minimum Gasteiger partial charge on any atom is -0.509 e. The zero-order valence-electron chi connectivity index (χ0n) is 48.7. The number of aromatic nitrogens is 2. The number of pyridine rings is 1. The summed E-state index contributed by atoms with van der Waals surface area (Å²) in [6.45, 7) is 15.5. The van der Waals surface area contributed by atoms with Crippen molar-refractivity contribution in [2.24, 2.45) is 0 Å². The molecule has 0 radical (unpaired) electrons. The predicted octanol–water partition coefficient (Wildman–Crippen LogP) is 16.7. The van der Waals surface area contributed by atoms with E-state index in [-0.39, 0.29) is 65.6 Å². The zero-order chi connectivity index (χ0) is 55.3. The monoisotopic (exact) mass is 1090 g/mol. The SMILES string of the molecule is [2H]c1c([2H])c([2H])c(-c2cccc(-c3c([2H])c([2H])c([2H])c([2H])c3[2H])c2Oc2ccnc(-n3c4[c-]c(Oc5[c-]c(N6[CH-]N(c7cc(C(C)(C)C)cc(C(C)(C)C)c7)c7ccccc76)ccc5)ccc4c4ccccc43)c2)c([2H])c1[2H].[Pt]. The number of hydrogen-bond acceptors (Lipinski definition) is 5. The summed E-state index contributed by atoms with van der Waals surface area (Å²) in [7, 11) is 0. The third kappa shape index (κ3) is 8.82. The second-order valence-corrected chi connectivity index (χ2v) is 18.7. The summed E-state index contributed by atoms with van der Waals surface area (Å²) >= 11 is 0. The van der Waals surface area contributed by atoms with E-state index in [1.165, 1.54) is 35.5 Å². The van der Waals surface area contributed by atoms with Crippen molar-refractivity contribution in [2.75, 3.05) is 9.80 Å². The Morgan fingerprint density at radius 3 is 1.84 bits per heavy atom. The van der Waals surface area contributed by atoms with Crippen molar-refractivity contribution < 1.29 is 44.2 Å². The van der Waals surface area contributed by atoms with Crippen LogP contribution in [-0.2, 0) is 31.9 Å². The molecule has 7 heteroatoms. The van der Waals surface area contributed by atoms with Crippen molar-refractivity contribution in [3.63, 3.8) is 0 Å². The van der Waals surface area contributed by atoms with E-state index in [0.29, 0.717) is 22.8 Å². The Morgan fingerprint density at radius 2 is 1.17 bits per heavy atom. The average molecular weight is 1090 g/mol. The van der Waals surface area contributed by atoms with Gasteiger partial charge in [-0.05, 0) is 74.9 Å². The number of benzene rings is 8. The third-order valence-corrected chi connectivity index (χ3v) is 12.1. The Bertz CT molecular complexity index is 3920. The van der Waals surface area contributed by atoms with Gasteiger partial charge in [-0.3, -0.25) is 0 Å². The second-order valence-electron chi connectivity index (χ2n) is 18.7. The van der Waals surface area contributed by atoms with E-state index >= 15 is 0 Å². The Balaban J connectivity index is 0.00000704. The fraction of sp³-hybridized carbons (Fsp3) is 0.129. The van der Waals surface area contributed by atoms with Gasteiger partial charge in [-0.1, -0.05) is 162 Å². The molecule has 0 aliphatic carbocycles. The van der Waals surface area contributed by atoms with Crippen molar-refractivity contribution in [3.05, 3.63) is 224 Å². The van der Waals surface area contributed by atoms with Gasteiger partial charge >= 0.3 is 0 Å². The van der Waals surface area contributed by atoms with Gasteiger partial charge in [-0.25, -0.2) is 4.98 Å². The molecule has 2 aromatic heterocycles. The summed E-state index contributed by atoms with van der Waals surface area (Å²) in [5.74, 6) is 1.32. The van der Waals surface area contributed by atoms with Crippen molar-refractivity contribution >= 4 is 44.6 Å². The topological polar surface area (TPSA) is 42.8 Å². The fourth-order valence-corrected chi connectivity index (χ4v) is 8.57. The van der Waals surface area contributed by atoms with Crippen LogP contribution in [-0.4, -0.2) is 9.55 Å². The molecule has 0 unspecified atom stereocenters. The number of nitrogens with zero attached hydrogens (tertiary/aromatic N) is 4. The van der Waals surface area contributed by atoms with Crippen molar-refractivity contribution in [1.29, 1.82) is 0 Å². The smallest absolute Gasteiger partial charge is 0.143 e. The van der Waals surface area contributed by atoms with E-state index in [1.54, 1.807) is 12.1 Å². The van der Waals surface area contributed by atoms with Gasteiger partial charge in [0.2, 0.25) is 0 Å². The normalized spacial score (nSPS) is 14.6. The quantitative estimate of drug-likeness (QED) is 0.135. The molecule has 0 fully saturated rings. The van der Waals surface area contributed by atoms with Crippen LogP contribution in [0, 0.1) is 18.8 Å².